The minimum Gasteiger partial charge on any atom is -0.317 e. The lowest BCUT2D eigenvalue weighted by molar-refractivity contribution is 0.175. The molecule has 22 heavy (non-hydrogen) atoms. The molecule has 1 aliphatic rings. The van der Waals surface area contributed by atoms with Gasteiger partial charge in [-0.1, -0.05) is 18.3 Å². The van der Waals surface area contributed by atoms with Crippen molar-refractivity contribution in [3.63, 3.8) is 0 Å². The average molecular weight is 321 g/mol. The maximum atomic E-state index is 11.9. The summed E-state index contributed by atoms with van der Waals surface area (Å²) in [5.41, 5.74) is 0.666. The summed E-state index contributed by atoms with van der Waals surface area (Å²) >= 11 is 1.52. The molecule has 0 aliphatic carbocycles. The van der Waals surface area contributed by atoms with E-state index < -0.39 is 0 Å². The molecule has 7 heteroatoms. The van der Waals surface area contributed by atoms with Crippen molar-refractivity contribution in [1.29, 1.82) is 0 Å². The van der Waals surface area contributed by atoms with Gasteiger partial charge in [-0.2, -0.15) is 9.61 Å². The predicted octanol–water partition coefficient (Wildman–Crippen LogP) is 1.28. The summed E-state index contributed by atoms with van der Waals surface area (Å²) in [4.78, 5) is 19.4. The van der Waals surface area contributed by atoms with Crippen molar-refractivity contribution in [1.82, 2.24) is 24.8 Å². The Kier molecular flexibility index (Phi) is 4.85. The first kappa shape index (κ1) is 15.6. The van der Waals surface area contributed by atoms with Crippen LogP contribution in [0.2, 0.25) is 0 Å². The Hall–Kier alpha value is -1.31. The molecule has 0 unspecified atom stereocenters. The van der Waals surface area contributed by atoms with Gasteiger partial charge in [0.05, 0.1) is 6.54 Å². The van der Waals surface area contributed by atoms with Crippen LogP contribution in [0.15, 0.2) is 10.9 Å². The number of aryl methyl sites for hydroxylation is 1. The zero-order valence-electron chi connectivity index (χ0n) is 13.2. The fraction of sp³-hybridized carbons (Fsp3) is 0.667. The first-order chi connectivity index (χ1) is 10.7. The van der Waals surface area contributed by atoms with Gasteiger partial charge in [0, 0.05) is 11.8 Å². The third-order valence-electron chi connectivity index (χ3n) is 4.16. The number of piperidine rings is 1. The fourth-order valence-electron chi connectivity index (χ4n) is 2.91. The van der Waals surface area contributed by atoms with Gasteiger partial charge in [-0.25, -0.2) is 4.98 Å². The number of hydrogen-bond donors (Lipinski definition) is 1. The maximum absolute atomic E-state index is 11.9. The van der Waals surface area contributed by atoms with Crippen LogP contribution in [0.5, 0.6) is 0 Å². The number of nitrogens with one attached hydrogen (secondary N) is 1. The van der Waals surface area contributed by atoms with E-state index in [-0.39, 0.29) is 5.56 Å². The molecule has 1 fully saturated rings. The molecule has 2 aromatic heterocycles. The average Bonchev–Trinajstić information content (AvgIpc) is 2.89. The molecule has 1 N–H and O–H groups in total. The highest BCUT2D eigenvalue weighted by molar-refractivity contribution is 7.16. The van der Waals surface area contributed by atoms with Crippen molar-refractivity contribution in [3.8, 4) is 0 Å². The van der Waals surface area contributed by atoms with Crippen molar-refractivity contribution in [2.75, 3.05) is 26.2 Å². The van der Waals surface area contributed by atoms with Crippen LogP contribution in [0, 0.1) is 12.8 Å². The van der Waals surface area contributed by atoms with Crippen LogP contribution in [0.4, 0.5) is 0 Å². The summed E-state index contributed by atoms with van der Waals surface area (Å²) in [5, 5.41) is 8.83. The monoisotopic (exact) mass is 321 g/mol. The Morgan fingerprint density at radius 2 is 2.18 bits per heavy atom. The van der Waals surface area contributed by atoms with Gasteiger partial charge >= 0.3 is 0 Å². The molecule has 0 spiro atoms. The van der Waals surface area contributed by atoms with Crippen molar-refractivity contribution in [2.24, 2.45) is 5.92 Å². The number of fused-ring (bicyclic) bond motifs is 1. The second-order valence-electron chi connectivity index (χ2n) is 5.95. The summed E-state index contributed by atoms with van der Waals surface area (Å²) in [6, 6.07) is 1.53. The number of nitrogens with zero attached hydrogens (tertiary/aromatic N) is 4. The molecule has 3 heterocycles. The van der Waals surface area contributed by atoms with E-state index in [9.17, 15) is 4.79 Å². The second kappa shape index (κ2) is 6.85. The van der Waals surface area contributed by atoms with E-state index in [0.29, 0.717) is 4.96 Å². The second-order valence-corrected chi connectivity index (χ2v) is 6.99. The van der Waals surface area contributed by atoms with E-state index in [0.717, 1.165) is 49.3 Å². The van der Waals surface area contributed by atoms with Crippen LogP contribution in [-0.2, 0) is 6.54 Å². The Balaban J connectivity index is 1.62. The lowest BCUT2D eigenvalue weighted by Crippen LogP contribution is -2.36. The van der Waals surface area contributed by atoms with Crippen LogP contribution < -0.4 is 10.9 Å². The van der Waals surface area contributed by atoms with Gasteiger partial charge in [-0.3, -0.25) is 9.69 Å². The molecule has 6 nitrogen and oxygen atoms in total. The summed E-state index contributed by atoms with van der Waals surface area (Å²) in [6.45, 7) is 9.20. The maximum Gasteiger partial charge on any atom is 0.275 e. The molecule has 0 bridgehead atoms. The largest absolute Gasteiger partial charge is 0.317 e. The van der Waals surface area contributed by atoms with Gasteiger partial charge in [0.25, 0.3) is 5.56 Å². The molecule has 0 saturated carbocycles. The van der Waals surface area contributed by atoms with Crippen molar-refractivity contribution < 1.29 is 0 Å². The number of aromatic nitrogens is 3. The lowest BCUT2D eigenvalue weighted by atomic mass is 9.97. The zero-order valence-corrected chi connectivity index (χ0v) is 14.0. The van der Waals surface area contributed by atoms with E-state index in [4.69, 9.17) is 0 Å². The highest BCUT2D eigenvalue weighted by Crippen LogP contribution is 2.20. The Bertz CT molecular complexity index is 687. The first-order valence-corrected chi connectivity index (χ1v) is 8.77. The van der Waals surface area contributed by atoms with Crippen LogP contribution in [0.1, 0.15) is 30.5 Å². The molecule has 0 aromatic carbocycles. The van der Waals surface area contributed by atoms with Crippen molar-refractivity contribution >= 4 is 16.3 Å². The zero-order chi connectivity index (χ0) is 15.5. The van der Waals surface area contributed by atoms with E-state index >= 15 is 0 Å². The summed E-state index contributed by atoms with van der Waals surface area (Å²) in [6.07, 6.45) is 2.46. The van der Waals surface area contributed by atoms with Crippen LogP contribution >= 0.6 is 11.3 Å². The molecule has 0 atom stereocenters. The minimum atomic E-state index is -0.0886. The predicted molar refractivity (Wildman–Crippen MR) is 88.4 cm³/mol. The lowest BCUT2D eigenvalue weighted by Gasteiger charge is -2.31. The first-order valence-electron chi connectivity index (χ1n) is 7.95. The van der Waals surface area contributed by atoms with Gasteiger partial charge in [0.2, 0.25) is 4.96 Å². The molecule has 3 rings (SSSR count). The Labute approximate surface area is 134 Å². The van der Waals surface area contributed by atoms with Crippen LogP contribution in [0.3, 0.4) is 0 Å². The van der Waals surface area contributed by atoms with Crippen molar-refractivity contribution in [3.05, 3.63) is 27.1 Å². The quantitative estimate of drug-likeness (QED) is 0.899. The highest BCUT2D eigenvalue weighted by Gasteiger charge is 2.20. The van der Waals surface area contributed by atoms with Gasteiger partial charge in [-0.05, 0) is 51.9 Å². The van der Waals surface area contributed by atoms with Gasteiger partial charge in [0.1, 0.15) is 5.01 Å². The van der Waals surface area contributed by atoms with E-state index in [1.165, 1.54) is 34.8 Å². The number of hydrogen-bond acceptors (Lipinski definition) is 6. The van der Waals surface area contributed by atoms with Crippen LogP contribution in [-0.4, -0.2) is 45.7 Å². The van der Waals surface area contributed by atoms with E-state index in [2.05, 4.69) is 27.2 Å². The molecule has 120 valence electrons. The summed E-state index contributed by atoms with van der Waals surface area (Å²) in [5.74, 6) is 0.790. The standard InChI is InChI=1S/C15H23N5OS/c1-3-16-9-12-4-6-19(7-5-12)10-13-18-20-14(21)8-11(2)17-15(20)22-13/h8,12,16H,3-7,9-10H2,1-2H3. The minimum absolute atomic E-state index is 0.0886. The summed E-state index contributed by atoms with van der Waals surface area (Å²) in [7, 11) is 0. The topological polar surface area (TPSA) is 62.5 Å². The molecular formula is C15H23N5OS. The Morgan fingerprint density at radius 3 is 2.91 bits per heavy atom. The van der Waals surface area contributed by atoms with Gasteiger partial charge in [-0.15, -0.1) is 0 Å². The normalized spacial score (nSPS) is 17.4. The van der Waals surface area contributed by atoms with E-state index in [1.54, 1.807) is 0 Å². The fourth-order valence-corrected chi connectivity index (χ4v) is 3.90. The number of likely N-dealkylation sites (tertiary alicyclic amines) is 1. The SMILES string of the molecule is CCNCC1CCN(Cc2nn3c(=O)cc(C)nc3s2)CC1. The van der Waals surface area contributed by atoms with Gasteiger partial charge < -0.3 is 5.32 Å². The molecular weight excluding hydrogens is 298 g/mol. The van der Waals surface area contributed by atoms with Gasteiger partial charge in [0.15, 0.2) is 0 Å². The molecule has 0 radical (unpaired) electrons. The van der Waals surface area contributed by atoms with Crippen LogP contribution in [0.25, 0.3) is 4.96 Å². The smallest absolute Gasteiger partial charge is 0.275 e. The molecule has 2 aromatic rings. The molecule has 1 saturated heterocycles. The Morgan fingerprint density at radius 1 is 1.41 bits per heavy atom. The molecule has 1 aliphatic heterocycles. The highest BCUT2D eigenvalue weighted by atomic mass is 32.1. The van der Waals surface area contributed by atoms with E-state index in [1.807, 2.05) is 6.92 Å². The number of rotatable bonds is 5. The molecule has 0 amide bonds. The third-order valence-corrected chi connectivity index (χ3v) is 5.06. The summed E-state index contributed by atoms with van der Waals surface area (Å²) < 4.78 is 1.42. The van der Waals surface area contributed by atoms with Crippen molar-refractivity contribution in [2.45, 2.75) is 33.2 Å². The third kappa shape index (κ3) is 3.53.